The van der Waals surface area contributed by atoms with Crippen molar-refractivity contribution >= 4 is 5.97 Å². The Balaban J connectivity index is 1.42. The van der Waals surface area contributed by atoms with E-state index in [4.69, 9.17) is 4.74 Å². The molecule has 0 aromatic heterocycles. The maximum Gasteiger partial charge on any atom is 0.303 e. The molecule has 1 saturated carbocycles. The Morgan fingerprint density at radius 3 is 2.62 bits per heavy atom. The number of fused-ring (bicyclic) bond motifs is 1. The largest absolute Gasteiger partial charge is 0.458 e. The summed E-state index contributed by atoms with van der Waals surface area (Å²) >= 11 is 0. The van der Waals surface area contributed by atoms with Crippen LogP contribution in [0.4, 0.5) is 0 Å². The number of nitrogens with zero attached hydrogens (tertiary/aromatic N) is 2. The Bertz CT molecular complexity index is 718. The predicted octanol–water partition coefficient (Wildman–Crippen LogP) is 4.84. The zero-order valence-electron chi connectivity index (χ0n) is 22.2. The third kappa shape index (κ3) is 5.90. The van der Waals surface area contributed by atoms with Crippen molar-refractivity contribution in [3.05, 3.63) is 18.1 Å². The molecule has 193 valence electrons. The van der Waals surface area contributed by atoms with Crippen LogP contribution in [0, 0.1) is 30.1 Å². The Labute approximate surface area is 208 Å². The molecule has 0 aromatic rings. The van der Waals surface area contributed by atoms with E-state index in [-0.39, 0.29) is 17.8 Å². The van der Waals surface area contributed by atoms with Crippen molar-refractivity contribution in [1.29, 1.82) is 0 Å². The molecule has 4 rings (SSSR count). The van der Waals surface area contributed by atoms with E-state index in [1.54, 1.807) is 0 Å². The highest BCUT2D eigenvalue weighted by molar-refractivity contribution is 5.66. The number of hydrogen-bond acceptors (Lipinski definition) is 5. The second kappa shape index (κ2) is 11.4. The Hall–Kier alpha value is -0.910. The lowest BCUT2D eigenvalue weighted by atomic mass is 9.57. The maximum absolute atomic E-state index is 11.9. The topological polar surface area (TPSA) is 53.0 Å². The third-order valence-electron chi connectivity index (χ3n) is 9.55. The summed E-state index contributed by atoms with van der Waals surface area (Å²) in [7, 11) is 0. The number of carbonyl (C=O) groups is 1. The lowest BCUT2D eigenvalue weighted by Crippen LogP contribution is -2.57. The van der Waals surface area contributed by atoms with Crippen LogP contribution in [0.15, 0.2) is 11.6 Å². The first-order chi connectivity index (χ1) is 16.3. The van der Waals surface area contributed by atoms with Crippen molar-refractivity contribution in [3.8, 4) is 0 Å². The molecule has 4 aliphatic rings. The van der Waals surface area contributed by atoms with Crippen LogP contribution in [0.5, 0.6) is 0 Å². The summed E-state index contributed by atoms with van der Waals surface area (Å²) in [5.74, 6) is 0.980. The Morgan fingerprint density at radius 2 is 1.88 bits per heavy atom. The lowest BCUT2D eigenvalue weighted by molar-refractivity contribution is -0.148. The fourth-order valence-corrected chi connectivity index (χ4v) is 7.40. The summed E-state index contributed by atoms with van der Waals surface area (Å²) in [6.07, 6.45) is 15.5. The van der Waals surface area contributed by atoms with Gasteiger partial charge in [0, 0.05) is 31.8 Å². The van der Waals surface area contributed by atoms with E-state index < -0.39 is 11.7 Å². The van der Waals surface area contributed by atoms with Crippen LogP contribution in [0.2, 0.25) is 0 Å². The average Bonchev–Trinajstić information content (AvgIpc) is 2.81. The van der Waals surface area contributed by atoms with E-state index in [9.17, 15) is 9.90 Å². The van der Waals surface area contributed by atoms with Crippen LogP contribution in [-0.2, 0) is 9.53 Å². The molecule has 2 saturated heterocycles. The van der Waals surface area contributed by atoms with E-state index in [1.807, 2.05) is 13.3 Å². The molecule has 1 radical (unpaired) electrons. The highest BCUT2D eigenvalue weighted by Crippen LogP contribution is 2.51. The summed E-state index contributed by atoms with van der Waals surface area (Å²) in [5, 5.41) is 11.9. The third-order valence-corrected chi connectivity index (χ3v) is 9.55. The number of carbonyl (C=O) groups excluding carboxylic acids is 1. The van der Waals surface area contributed by atoms with Gasteiger partial charge in [-0.3, -0.25) is 4.79 Å². The number of hydrogen-bond donors (Lipinski definition) is 1. The second-order valence-electron chi connectivity index (χ2n) is 12.0. The van der Waals surface area contributed by atoms with Crippen molar-refractivity contribution in [3.63, 3.8) is 0 Å². The molecule has 2 aliphatic carbocycles. The maximum atomic E-state index is 11.9. The van der Waals surface area contributed by atoms with Crippen LogP contribution in [-0.4, -0.2) is 71.3 Å². The molecule has 1 N–H and O–H groups in total. The fourth-order valence-electron chi connectivity index (χ4n) is 7.40. The van der Waals surface area contributed by atoms with Gasteiger partial charge in [-0.05, 0) is 101 Å². The molecule has 0 spiro atoms. The van der Waals surface area contributed by atoms with Gasteiger partial charge in [0.25, 0.3) is 0 Å². The van der Waals surface area contributed by atoms with Gasteiger partial charge in [0.15, 0.2) is 0 Å². The molecule has 0 amide bonds. The fraction of sp³-hybridized carbons (Fsp3) is 0.862. The number of esters is 1. The number of piperidine rings is 2. The molecule has 2 heterocycles. The molecule has 5 heteroatoms. The molecular weight excluding hydrogens is 424 g/mol. The van der Waals surface area contributed by atoms with E-state index in [0.29, 0.717) is 17.9 Å². The van der Waals surface area contributed by atoms with E-state index in [2.05, 4.69) is 29.7 Å². The summed E-state index contributed by atoms with van der Waals surface area (Å²) < 4.78 is 5.54. The van der Waals surface area contributed by atoms with Crippen molar-refractivity contribution in [1.82, 2.24) is 9.80 Å². The highest BCUT2D eigenvalue weighted by Gasteiger charge is 2.53. The minimum absolute atomic E-state index is 0.106. The van der Waals surface area contributed by atoms with Crippen molar-refractivity contribution < 1.29 is 14.6 Å². The van der Waals surface area contributed by atoms with Crippen LogP contribution in [0.1, 0.15) is 85.5 Å². The SMILES string of the molecule is CC(=O)O[C@@H]1[CH][C@@]2(O)[C@H](C)CC[C@@H](C(C)CN3CCCCC3CCN3CCCCC3)[C@H]2C=C1C. The number of ether oxygens (including phenoxy) is 1. The van der Waals surface area contributed by atoms with Gasteiger partial charge < -0.3 is 19.6 Å². The van der Waals surface area contributed by atoms with E-state index >= 15 is 0 Å². The summed E-state index contributed by atoms with van der Waals surface area (Å²) in [6, 6.07) is 0.711. The molecule has 0 aromatic carbocycles. The monoisotopic (exact) mass is 473 g/mol. The first-order valence-electron chi connectivity index (χ1n) is 14.2. The Kier molecular flexibility index (Phi) is 8.80. The van der Waals surface area contributed by atoms with E-state index in [0.717, 1.165) is 25.0 Å². The molecule has 3 fully saturated rings. The zero-order chi connectivity index (χ0) is 24.3. The van der Waals surface area contributed by atoms with Gasteiger partial charge >= 0.3 is 5.97 Å². The average molecular weight is 474 g/mol. The summed E-state index contributed by atoms with van der Waals surface area (Å²) in [4.78, 5) is 17.1. The quantitative estimate of drug-likeness (QED) is 0.423. The molecule has 2 unspecified atom stereocenters. The molecule has 7 atom stereocenters. The van der Waals surface area contributed by atoms with Crippen LogP contribution >= 0.6 is 0 Å². The van der Waals surface area contributed by atoms with Crippen molar-refractivity contribution in [2.45, 2.75) is 103 Å². The molecular formula is C29H49N2O3. The molecule has 5 nitrogen and oxygen atoms in total. The number of likely N-dealkylation sites (tertiary alicyclic amines) is 2. The first kappa shape index (κ1) is 26.2. The van der Waals surface area contributed by atoms with Crippen LogP contribution in [0.25, 0.3) is 0 Å². The number of aliphatic hydroxyl groups is 1. The zero-order valence-corrected chi connectivity index (χ0v) is 22.2. The minimum Gasteiger partial charge on any atom is -0.458 e. The summed E-state index contributed by atoms with van der Waals surface area (Å²) in [6.45, 7) is 14.3. The normalized spacial score (nSPS) is 38.6. The molecule has 34 heavy (non-hydrogen) atoms. The lowest BCUT2D eigenvalue weighted by Gasteiger charge is -2.53. The second-order valence-corrected chi connectivity index (χ2v) is 12.0. The molecule has 2 aliphatic heterocycles. The number of rotatable bonds is 7. The summed E-state index contributed by atoms with van der Waals surface area (Å²) in [5.41, 5.74) is 0.167. The van der Waals surface area contributed by atoms with Crippen LogP contribution < -0.4 is 0 Å². The first-order valence-corrected chi connectivity index (χ1v) is 14.2. The highest BCUT2D eigenvalue weighted by atomic mass is 16.5. The molecule has 0 bridgehead atoms. The predicted molar refractivity (Wildman–Crippen MR) is 137 cm³/mol. The van der Waals surface area contributed by atoms with Gasteiger partial charge in [-0.1, -0.05) is 32.8 Å². The van der Waals surface area contributed by atoms with Crippen LogP contribution in [0.3, 0.4) is 0 Å². The van der Waals surface area contributed by atoms with Crippen molar-refractivity contribution in [2.75, 3.05) is 32.7 Å². The van der Waals surface area contributed by atoms with Gasteiger partial charge in [0.1, 0.15) is 6.10 Å². The van der Waals surface area contributed by atoms with Gasteiger partial charge in [0.2, 0.25) is 0 Å². The minimum atomic E-state index is -0.896. The van der Waals surface area contributed by atoms with Crippen molar-refractivity contribution in [2.24, 2.45) is 23.7 Å². The van der Waals surface area contributed by atoms with E-state index in [1.165, 1.54) is 78.0 Å². The van der Waals surface area contributed by atoms with Gasteiger partial charge in [-0.25, -0.2) is 0 Å². The smallest absolute Gasteiger partial charge is 0.303 e. The van der Waals surface area contributed by atoms with Gasteiger partial charge in [-0.2, -0.15) is 0 Å². The Morgan fingerprint density at radius 1 is 1.15 bits per heavy atom. The van der Waals surface area contributed by atoms with Gasteiger partial charge in [-0.15, -0.1) is 0 Å². The standard InChI is InChI=1S/C29H49N2O3/c1-21-18-27-26(12-11-23(3)29(27,33)19-28(21)34-24(4)32)22(2)20-31-16-9-6-10-25(31)13-17-30-14-7-5-8-15-30/h18-19,22-23,25-28,33H,5-17,20H2,1-4H3/t22?,23-,25?,26+,27-,28-,29-/m1/s1. The van der Waals surface area contributed by atoms with Gasteiger partial charge in [0.05, 0.1) is 5.60 Å².